The first-order chi connectivity index (χ1) is 6.21. The predicted octanol–water partition coefficient (Wildman–Crippen LogP) is 2.16. The maximum atomic E-state index is 12.0. The number of thiocarbonyl (C=S) groups is 1. The van der Waals surface area contributed by atoms with Crippen LogP contribution in [0.4, 0.5) is 13.2 Å². The highest BCUT2D eigenvalue weighted by Crippen LogP contribution is 2.22. The molecule has 0 amide bonds. The van der Waals surface area contributed by atoms with Crippen molar-refractivity contribution in [2.75, 3.05) is 6.61 Å². The Morgan fingerprint density at radius 1 is 1.57 bits per heavy atom. The predicted molar refractivity (Wildman–Crippen MR) is 49.9 cm³/mol. The van der Waals surface area contributed by atoms with Crippen LogP contribution in [0.5, 0.6) is 0 Å². The standard InChI is InChI=1S/C8H10F3NOS/c1-7(2)4-13-6(12-7)3-5(14)8(9,10)11/h3,12H,4H2,1-2H3/b6-3+. The molecule has 0 aromatic rings. The summed E-state index contributed by atoms with van der Waals surface area (Å²) in [4.78, 5) is -1.09. The Morgan fingerprint density at radius 3 is 2.50 bits per heavy atom. The zero-order chi connectivity index (χ0) is 11.0. The SMILES string of the molecule is CC1(C)CO/C(=C/C(=S)C(F)(F)F)N1. The molecule has 0 aromatic carbocycles. The van der Waals surface area contributed by atoms with Crippen molar-refractivity contribution in [3.05, 3.63) is 12.0 Å². The molecule has 14 heavy (non-hydrogen) atoms. The first-order valence-electron chi connectivity index (χ1n) is 3.94. The highest BCUT2D eigenvalue weighted by Gasteiger charge is 2.35. The van der Waals surface area contributed by atoms with Crippen LogP contribution in [0.1, 0.15) is 13.8 Å². The largest absolute Gasteiger partial charge is 0.477 e. The van der Waals surface area contributed by atoms with Gasteiger partial charge in [-0.05, 0) is 13.8 Å². The molecule has 2 nitrogen and oxygen atoms in total. The van der Waals surface area contributed by atoms with Gasteiger partial charge in [-0.3, -0.25) is 0 Å². The van der Waals surface area contributed by atoms with Crippen molar-refractivity contribution in [1.82, 2.24) is 5.32 Å². The molecule has 80 valence electrons. The van der Waals surface area contributed by atoms with Crippen LogP contribution in [0.3, 0.4) is 0 Å². The van der Waals surface area contributed by atoms with Crippen LogP contribution >= 0.6 is 12.2 Å². The van der Waals surface area contributed by atoms with Crippen LogP contribution in [-0.2, 0) is 4.74 Å². The van der Waals surface area contributed by atoms with Crippen molar-refractivity contribution in [2.24, 2.45) is 0 Å². The van der Waals surface area contributed by atoms with E-state index in [2.05, 4.69) is 17.5 Å². The Hall–Kier alpha value is -0.780. The minimum absolute atomic E-state index is 0.0809. The summed E-state index contributed by atoms with van der Waals surface area (Å²) in [5, 5.41) is 2.78. The molecule has 0 bridgehead atoms. The molecule has 1 aliphatic rings. The average molecular weight is 225 g/mol. The van der Waals surface area contributed by atoms with Crippen LogP contribution < -0.4 is 5.32 Å². The lowest BCUT2D eigenvalue weighted by molar-refractivity contribution is -0.0554. The summed E-state index contributed by atoms with van der Waals surface area (Å²) in [7, 11) is 0. The first kappa shape index (κ1) is 11.3. The molecule has 1 aliphatic heterocycles. The average Bonchev–Trinajstić information content (AvgIpc) is 2.28. The third kappa shape index (κ3) is 2.87. The molecule has 0 aliphatic carbocycles. The molecular formula is C8H10F3NOS. The quantitative estimate of drug-likeness (QED) is 0.546. The number of allylic oxidation sites excluding steroid dienone is 1. The molecule has 1 N–H and O–H groups in total. The molecule has 1 saturated heterocycles. The molecule has 1 fully saturated rings. The van der Waals surface area contributed by atoms with E-state index in [9.17, 15) is 13.2 Å². The Labute approximate surface area is 85.1 Å². The maximum absolute atomic E-state index is 12.0. The molecule has 0 unspecified atom stereocenters. The fraction of sp³-hybridized carbons (Fsp3) is 0.625. The van der Waals surface area contributed by atoms with Gasteiger partial charge in [-0.1, -0.05) is 12.2 Å². The monoisotopic (exact) mass is 225 g/mol. The normalized spacial score (nSPS) is 23.1. The molecule has 0 atom stereocenters. The molecule has 0 saturated carbocycles. The van der Waals surface area contributed by atoms with Gasteiger partial charge in [0.25, 0.3) is 0 Å². The van der Waals surface area contributed by atoms with Gasteiger partial charge in [0.2, 0.25) is 0 Å². The minimum atomic E-state index is -4.47. The van der Waals surface area contributed by atoms with E-state index in [1.54, 1.807) is 0 Å². The fourth-order valence-corrected chi connectivity index (χ4v) is 1.05. The number of hydrogen-bond acceptors (Lipinski definition) is 3. The van der Waals surface area contributed by atoms with E-state index < -0.39 is 11.0 Å². The first-order valence-corrected chi connectivity index (χ1v) is 4.35. The zero-order valence-electron chi connectivity index (χ0n) is 7.73. The van der Waals surface area contributed by atoms with Gasteiger partial charge in [-0.25, -0.2) is 0 Å². The maximum Gasteiger partial charge on any atom is 0.426 e. The number of rotatable bonds is 1. The minimum Gasteiger partial charge on any atom is -0.477 e. The topological polar surface area (TPSA) is 21.3 Å². The third-order valence-corrected chi connectivity index (χ3v) is 1.94. The third-order valence-electron chi connectivity index (χ3n) is 1.59. The second-order valence-electron chi connectivity index (χ2n) is 3.67. The molecule has 6 heteroatoms. The molecule has 0 radical (unpaired) electrons. The number of halogens is 3. The van der Waals surface area contributed by atoms with Crippen LogP contribution in [0.2, 0.25) is 0 Å². The van der Waals surface area contributed by atoms with Crippen LogP contribution in [0.15, 0.2) is 12.0 Å². The van der Waals surface area contributed by atoms with Crippen molar-refractivity contribution < 1.29 is 17.9 Å². The molecule has 1 heterocycles. The summed E-state index contributed by atoms with van der Waals surface area (Å²) in [5.41, 5.74) is -0.340. The number of ether oxygens (including phenoxy) is 1. The van der Waals surface area contributed by atoms with E-state index >= 15 is 0 Å². The van der Waals surface area contributed by atoms with E-state index in [1.165, 1.54) is 0 Å². The van der Waals surface area contributed by atoms with Crippen molar-refractivity contribution >= 4 is 17.1 Å². The van der Waals surface area contributed by atoms with E-state index in [-0.39, 0.29) is 11.4 Å². The Kier molecular flexibility index (Phi) is 2.76. The van der Waals surface area contributed by atoms with Crippen LogP contribution in [0.25, 0.3) is 0 Å². The lowest BCUT2D eigenvalue weighted by Crippen LogP contribution is -2.34. The summed E-state index contributed by atoms with van der Waals surface area (Å²) < 4.78 is 41.1. The summed E-state index contributed by atoms with van der Waals surface area (Å²) in [6.07, 6.45) is -3.68. The van der Waals surface area contributed by atoms with Crippen molar-refractivity contribution in [2.45, 2.75) is 25.6 Å². The number of hydrogen-bond donors (Lipinski definition) is 1. The number of nitrogens with one attached hydrogen (secondary N) is 1. The Bertz CT molecular complexity index is 283. The summed E-state index contributed by atoms with van der Waals surface area (Å²) in [5.74, 6) is 0.0809. The van der Waals surface area contributed by atoms with Gasteiger partial charge >= 0.3 is 6.18 Å². The number of alkyl halides is 3. The lowest BCUT2D eigenvalue weighted by atomic mass is 10.1. The van der Waals surface area contributed by atoms with Gasteiger partial charge in [0.15, 0.2) is 5.88 Å². The molecule has 1 rings (SSSR count). The van der Waals surface area contributed by atoms with Crippen molar-refractivity contribution in [3.8, 4) is 0 Å². The van der Waals surface area contributed by atoms with Crippen LogP contribution in [-0.4, -0.2) is 23.2 Å². The smallest absolute Gasteiger partial charge is 0.426 e. The van der Waals surface area contributed by atoms with E-state index in [4.69, 9.17) is 4.74 Å². The van der Waals surface area contributed by atoms with Crippen LogP contribution in [0, 0.1) is 0 Å². The van der Waals surface area contributed by atoms with Gasteiger partial charge in [-0.15, -0.1) is 0 Å². The van der Waals surface area contributed by atoms with E-state index in [0.29, 0.717) is 6.61 Å². The van der Waals surface area contributed by atoms with Gasteiger partial charge in [0.05, 0.1) is 5.54 Å². The molecular weight excluding hydrogens is 215 g/mol. The van der Waals surface area contributed by atoms with E-state index in [1.807, 2.05) is 13.8 Å². The summed E-state index contributed by atoms with van der Waals surface area (Å²) in [6, 6.07) is 0. The fourth-order valence-electron chi connectivity index (χ4n) is 0.943. The molecule has 0 aromatic heterocycles. The van der Waals surface area contributed by atoms with E-state index in [0.717, 1.165) is 6.08 Å². The second-order valence-corrected chi connectivity index (χ2v) is 4.11. The van der Waals surface area contributed by atoms with Crippen molar-refractivity contribution in [1.29, 1.82) is 0 Å². The van der Waals surface area contributed by atoms with Gasteiger partial charge in [0, 0.05) is 6.08 Å². The van der Waals surface area contributed by atoms with Gasteiger partial charge in [0.1, 0.15) is 11.5 Å². The Morgan fingerprint density at radius 2 is 2.14 bits per heavy atom. The summed E-state index contributed by atoms with van der Waals surface area (Å²) >= 11 is 4.18. The van der Waals surface area contributed by atoms with Gasteiger partial charge < -0.3 is 10.1 Å². The second kappa shape index (κ2) is 3.42. The Balaban J connectivity index is 2.68. The highest BCUT2D eigenvalue weighted by molar-refractivity contribution is 7.80. The van der Waals surface area contributed by atoms with Crippen molar-refractivity contribution in [3.63, 3.8) is 0 Å². The zero-order valence-corrected chi connectivity index (χ0v) is 8.55. The highest BCUT2D eigenvalue weighted by atomic mass is 32.1. The molecule has 0 spiro atoms. The lowest BCUT2D eigenvalue weighted by Gasteiger charge is -2.13. The summed E-state index contributed by atoms with van der Waals surface area (Å²) in [6.45, 7) is 3.98. The van der Waals surface area contributed by atoms with Gasteiger partial charge in [-0.2, -0.15) is 13.2 Å².